The monoisotopic (exact) mass is 310 g/mol. The molecule has 0 spiro atoms. The first-order chi connectivity index (χ1) is 6.18. The summed E-state index contributed by atoms with van der Waals surface area (Å²) in [6.45, 7) is 8.27. The van der Waals surface area contributed by atoms with E-state index in [2.05, 4.69) is 6.92 Å². The predicted molar refractivity (Wildman–Crippen MR) is 60.7 cm³/mol. The predicted octanol–water partition coefficient (Wildman–Crippen LogP) is -0.120. The third kappa shape index (κ3) is 11.7. The molecule has 0 bridgehead atoms. The SMILES string of the molecule is [Br-].[CH2-]CCCCP(=O)(OCC)OCC.[Mg+2]. The zero-order valence-electron chi connectivity index (χ0n) is 9.71. The Hall–Kier alpha value is 1.40. The molecule has 0 unspecified atom stereocenters. The average molecular weight is 311 g/mol. The van der Waals surface area contributed by atoms with Gasteiger partial charge in [-0.3, -0.25) is 4.57 Å². The third-order valence-corrected chi connectivity index (χ3v) is 3.75. The van der Waals surface area contributed by atoms with E-state index in [0.29, 0.717) is 19.4 Å². The minimum atomic E-state index is -2.78. The summed E-state index contributed by atoms with van der Waals surface area (Å²) in [5, 5.41) is 0. The second-order valence-electron chi connectivity index (χ2n) is 2.73. The molecule has 0 fully saturated rings. The van der Waals surface area contributed by atoms with Crippen LogP contribution in [-0.2, 0) is 13.6 Å². The number of halogens is 1. The van der Waals surface area contributed by atoms with E-state index in [1.807, 2.05) is 13.8 Å². The van der Waals surface area contributed by atoms with E-state index in [1.54, 1.807) is 0 Å². The Morgan fingerprint density at radius 2 is 1.60 bits per heavy atom. The van der Waals surface area contributed by atoms with Crippen LogP contribution in [0.2, 0.25) is 0 Å². The minimum absolute atomic E-state index is 0. The summed E-state index contributed by atoms with van der Waals surface area (Å²) in [7, 11) is -2.78. The minimum Gasteiger partial charge on any atom is -1.00 e. The standard InChI is InChI=1S/C9H20O3P.BrH.Mg/c1-4-7-8-9-13(10,11-5-2)12-6-3;;/h1,4-9H2,2-3H3;1H;/q-1;;+2/p-1. The van der Waals surface area contributed by atoms with Crippen molar-refractivity contribution in [3.05, 3.63) is 6.92 Å². The van der Waals surface area contributed by atoms with Crippen molar-refractivity contribution < 1.29 is 30.6 Å². The van der Waals surface area contributed by atoms with Crippen LogP contribution in [0.3, 0.4) is 0 Å². The van der Waals surface area contributed by atoms with E-state index >= 15 is 0 Å². The van der Waals surface area contributed by atoms with Crippen molar-refractivity contribution in [2.24, 2.45) is 0 Å². The molecule has 0 aliphatic rings. The van der Waals surface area contributed by atoms with Gasteiger partial charge in [0.25, 0.3) is 0 Å². The Morgan fingerprint density at radius 3 is 1.93 bits per heavy atom. The van der Waals surface area contributed by atoms with Gasteiger partial charge in [-0.1, -0.05) is 6.42 Å². The average Bonchev–Trinajstić information content (AvgIpc) is 2.05. The van der Waals surface area contributed by atoms with Gasteiger partial charge in [0.15, 0.2) is 0 Å². The van der Waals surface area contributed by atoms with Crippen molar-refractivity contribution in [3.63, 3.8) is 0 Å². The molecular formula is C9H20BrMgO3P. The maximum Gasteiger partial charge on any atom is 2.00 e. The smallest absolute Gasteiger partial charge is 1.00 e. The van der Waals surface area contributed by atoms with E-state index in [4.69, 9.17) is 9.05 Å². The van der Waals surface area contributed by atoms with Crippen LogP contribution in [0, 0.1) is 6.92 Å². The van der Waals surface area contributed by atoms with Crippen molar-refractivity contribution in [3.8, 4) is 0 Å². The molecule has 0 aromatic carbocycles. The third-order valence-electron chi connectivity index (χ3n) is 1.58. The summed E-state index contributed by atoms with van der Waals surface area (Å²) in [6, 6.07) is 0. The summed E-state index contributed by atoms with van der Waals surface area (Å²) in [5.74, 6) is 0. The quantitative estimate of drug-likeness (QED) is 0.271. The number of hydrogen-bond acceptors (Lipinski definition) is 3. The number of rotatable bonds is 8. The fourth-order valence-electron chi connectivity index (χ4n) is 1.04. The second kappa shape index (κ2) is 13.5. The summed E-state index contributed by atoms with van der Waals surface area (Å²) < 4.78 is 22.1. The second-order valence-corrected chi connectivity index (χ2v) is 4.92. The summed E-state index contributed by atoms with van der Waals surface area (Å²) in [5.41, 5.74) is 0. The van der Waals surface area contributed by atoms with Crippen LogP contribution in [0.25, 0.3) is 0 Å². The molecule has 0 rings (SSSR count). The fraction of sp³-hybridized carbons (Fsp3) is 0.889. The van der Waals surface area contributed by atoms with Crippen molar-refractivity contribution in [1.82, 2.24) is 0 Å². The van der Waals surface area contributed by atoms with Crippen LogP contribution >= 0.6 is 7.60 Å². The van der Waals surface area contributed by atoms with Crippen molar-refractivity contribution >= 4 is 30.6 Å². The molecule has 0 radical (unpaired) electrons. The molecule has 0 aromatic heterocycles. The van der Waals surface area contributed by atoms with E-state index in [1.165, 1.54) is 0 Å². The topological polar surface area (TPSA) is 35.5 Å². The molecule has 0 atom stereocenters. The van der Waals surface area contributed by atoms with Crippen LogP contribution in [0.15, 0.2) is 0 Å². The van der Waals surface area contributed by atoms with Gasteiger partial charge in [0.2, 0.25) is 0 Å². The normalized spacial score (nSPS) is 10.3. The summed E-state index contributed by atoms with van der Waals surface area (Å²) in [4.78, 5) is 0. The van der Waals surface area contributed by atoms with Gasteiger partial charge in [0.1, 0.15) is 0 Å². The Kier molecular flexibility index (Phi) is 19.4. The maximum atomic E-state index is 11.8. The van der Waals surface area contributed by atoms with Gasteiger partial charge in [0, 0.05) is 0 Å². The molecule has 0 N–H and O–H groups in total. The van der Waals surface area contributed by atoms with Gasteiger partial charge >= 0.3 is 30.6 Å². The molecule has 0 aliphatic heterocycles. The first kappa shape index (κ1) is 21.7. The van der Waals surface area contributed by atoms with E-state index < -0.39 is 7.60 Å². The van der Waals surface area contributed by atoms with E-state index in [-0.39, 0.29) is 40.0 Å². The van der Waals surface area contributed by atoms with Gasteiger partial charge in [0.05, 0.1) is 19.4 Å². The van der Waals surface area contributed by atoms with Gasteiger partial charge < -0.3 is 33.0 Å². The van der Waals surface area contributed by atoms with Gasteiger partial charge in [-0.15, -0.1) is 0 Å². The van der Waals surface area contributed by atoms with E-state index in [9.17, 15) is 4.57 Å². The van der Waals surface area contributed by atoms with E-state index in [0.717, 1.165) is 19.3 Å². The number of hydrogen-bond donors (Lipinski definition) is 0. The molecule has 6 heteroatoms. The zero-order valence-corrected chi connectivity index (χ0v) is 13.6. The zero-order chi connectivity index (χ0) is 10.2. The maximum absolute atomic E-state index is 11.8. The molecule has 3 nitrogen and oxygen atoms in total. The Bertz CT molecular complexity index is 159. The number of unbranched alkanes of at least 4 members (excludes halogenated alkanes) is 2. The van der Waals surface area contributed by atoms with Crippen LogP contribution in [0.1, 0.15) is 33.1 Å². The largest absolute Gasteiger partial charge is 2.00 e. The first-order valence-electron chi connectivity index (χ1n) is 4.86. The molecule has 88 valence electrons. The van der Waals surface area contributed by atoms with Crippen LogP contribution in [-0.4, -0.2) is 42.4 Å². The molecule has 0 saturated carbocycles. The van der Waals surface area contributed by atoms with Crippen molar-refractivity contribution in [1.29, 1.82) is 0 Å². The fourth-order valence-corrected chi connectivity index (χ4v) is 2.77. The molecule has 0 saturated heterocycles. The molecule has 0 heterocycles. The Labute approximate surface area is 120 Å². The Morgan fingerprint density at radius 1 is 1.13 bits per heavy atom. The molecule has 0 aliphatic carbocycles. The Balaban J connectivity index is -0.000000720. The molecule has 15 heavy (non-hydrogen) atoms. The molecule has 0 aromatic rings. The van der Waals surface area contributed by atoms with Crippen LogP contribution in [0.4, 0.5) is 0 Å². The van der Waals surface area contributed by atoms with Crippen LogP contribution < -0.4 is 17.0 Å². The molecular weight excluding hydrogens is 291 g/mol. The van der Waals surface area contributed by atoms with Crippen molar-refractivity contribution in [2.45, 2.75) is 33.1 Å². The van der Waals surface area contributed by atoms with Gasteiger partial charge in [-0.05, 0) is 20.3 Å². The van der Waals surface area contributed by atoms with Crippen molar-refractivity contribution in [2.75, 3.05) is 19.4 Å². The first-order valence-corrected chi connectivity index (χ1v) is 6.58. The van der Waals surface area contributed by atoms with Gasteiger partial charge in [-0.25, -0.2) is 0 Å². The summed E-state index contributed by atoms with van der Waals surface area (Å²) in [6.07, 6.45) is 3.23. The molecule has 0 amide bonds. The van der Waals surface area contributed by atoms with Gasteiger partial charge in [-0.2, -0.15) is 6.42 Å². The summed E-state index contributed by atoms with van der Waals surface area (Å²) >= 11 is 0. The van der Waals surface area contributed by atoms with Crippen LogP contribution in [0.5, 0.6) is 0 Å².